The van der Waals surface area contributed by atoms with Crippen LogP contribution < -0.4 is 54.2 Å². The third kappa shape index (κ3) is 28.2. The van der Waals surface area contributed by atoms with Crippen molar-refractivity contribution in [3.05, 3.63) is 86.7 Å². The first-order valence-electron chi connectivity index (χ1n) is 36.1. The number of phenolic OH excluding ortho intramolecular Hbond substituents is 1. The van der Waals surface area contributed by atoms with Gasteiger partial charge in [-0.05, 0) is 85.5 Å². The average molecular weight is 1520 g/mol. The summed E-state index contributed by atoms with van der Waals surface area (Å²) in [5.74, 6) is -4.12. The third-order valence-corrected chi connectivity index (χ3v) is 17.2. The lowest BCUT2D eigenvalue weighted by Gasteiger charge is -2.36. The molecule has 36 nitrogen and oxygen atoms in total. The van der Waals surface area contributed by atoms with Gasteiger partial charge in [0.05, 0.1) is 148 Å². The van der Waals surface area contributed by atoms with Gasteiger partial charge in [0.2, 0.25) is 41.0 Å². The highest BCUT2D eigenvalue weighted by Gasteiger charge is 2.51. The number of carbonyl (C=O) groups excluding carboxylic acids is 10. The summed E-state index contributed by atoms with van der Waals surface area (Å²) in [6.07, 6.45) is -0.256. The fourth-order valence-electron chi connectivity index (χ4n) is 11.2. The number of cyclic esters (lactones) is 1. The van der Waals surface area contributed by atoms with E-state index < -0.39 is 77.0 Å². The molecule has 2 aromatic carbocycles. The number of aromatic hydroxyl groups is 1. The number of nitrogens with zero attached hydrogens (tertiary/aromatic N) is 4. The summed E-state index contributed by atoms with van der Waals surface area (Å²) >= 11 is 0. The molecule has 0 radical (unpaired) electrons. The van der Waals surface area contributed by atoms with Crippen LogP contribution >= 0.6 is 0 Å². The van der Waals surface area contributed by atoms with Crippen molar-refractivity contribution in [1.82, 2.24) is 51.3 Å². The lowest BCUT2D eigenvalue weighted by atomic mass is 9.85. The number of carbonyl (C=O) groups is 10. The molecule has 2 aliphatic rings. The predicted octanol–water partition coefficient (Wildman–Crippen LogP) is 0.925. The summed E-state index contributed by atoms with van der Waals surface area (Å²) in [6, 6.07) is 10.1. The molecule has 10 amide bonds. The van der Waals surface area contributed by atoms with Crippen molar-refractivity contribution in [2.24, 2.45) is 17.4 Å². The zero-order chi connectivity index (χ0) is 78.4. The van der Waals surface area contributed by atoms with E-state index in [-0.39, 0.29) is 133 Å². The second kappa shape index (κ2) is 46.5. The number of nitrogens with two attached hydrogens (primary N) is 2. The molecule has 12 N–H and O–H groups in total. The smallest absolute Gasteiger partial charge is 0.411 e. The molecule has 6 rings (SSSR count). The van der Waals surface area contributed by atoms with E-state index in [4.69, 9.17) is 68.6 Å². The van der Waals surface area contributed by atoms with Gasteiger partial charge >= 0.3 is 24.2 Å². The zero-order valence-electron chi connectivity index (χ0n) is 62.4. The van der Waals surface area contributed by atoms with Crippen molar-refractivity contribution < 1.29 is 105 Å². The molecule has 108 heavy (non-hydrogen) atoms. The number of esters is 1. The summed E-state index contributed by atoms with van der Waals surface area (Å²) in [5, 5.41) is 29.1. The van der Waals surface area contributed by atoms with Crippen molar-refractivity contribution in [3.63, 3.8) is 0 Å². The first-order chi connectivity index (χ1) is 52.0. The molecule has 4 heterocycles. The molecule has 596 valence electrons. The molecule has 3 atom stereocenters. The Morgan fingerprint density at radius 2 is 1.20 bits per heavy atom. The Morgan fingerprint density at radius 1 is 0.648 bits per heavy atom. The molecule has 4 aromatic rings. The standard InChI is InChI=1S/C72H105N13O23/c1-7-51-52-39-50(86)16-17-56(52)80-64-53(51)44-85-58(64)40-55-54(67(85)93)46-106-68(94)72(55,8-2)108-71(97)84(6)22-21-83(5)70(96)107-45-48-12-14-49(15-13-48)79-65(91)57(11-9-19-76-69(74)95)81-66(92)63(47(3)4)82-59(87)18-24-99-26-28-101-30-32-103-34-36-105-38-37-104-35-33-102-31-29-100-27-25-98-23-10-20-75-61(89)42-78-62(90)43-77-60(88)41-73/h12-17,39-40,47,57,63,86H,7-11,18-38,41-46,73H2,1-6H3,(H,75,89)(H,77,88)(H,78,90)(H,79,91)(H,81,92)(H,82,87)(H3,74,76,95)/t57-,63-,72-/m0/s1. The molecular weight excluding hydrogens is 1410 g/mol. The van der Waals surface area contributed by atoms with Crippen LogP contribution in [-0.4, -0.2) is 262 Å². The number of aromatic nitrogens is 2. The molecule has 0 unspecified atom stereocenters. The minimum atomic E-state index is -1.98. The number of pyridine rings is 2. The highest BCUT2D eigenvalue weighted by molar-refractivity contribution is 5.99. The predicted molar refractivity (Wildman–Crippen MR) is 390 cm³/mol. The minimum Gasteiger partial charge on any atom is -0.508 e. The summed E-state index contributed by atoms with van der Waals surface area (Å²) < 4.78 is 62.8. The molecule has 0 saturated carbocycles. The maximum Gasteiger partial charge on any atom is 0.411 e. The fraction of sp³-hybridized carbons (Fsp3) is 0.583. The molecular formula is C72H105N13O23. The van der Waals surface area contributed by atoms with E-state index in [0.717, 1.165) is 16.5 Å². The highest BCUT2D eigenvalue weighted by atomic mass is 16.6. The zero-order valence-corrected chi connectivity index (χ0v) is 62.4. The van der Waals surface area contributed by atoms with E-state index in [2.05, 4.69) is 37.2 Å². The van der Waals surface area contributed by atoms with E-state index >= 15 is 0 Å². The molecule has 0 spiro atoms. The molecule has 0 saturated heterocycles. The van der Waals surface area contributed by atoms with Gasteiger partial charge in [0, 0.05) is 75.5 Å². The fourth-order valence-corrected chi connectivity index (χ4v) is 11.2. The Kier molecular flexibility index (Phi) is 37.6. The third-order valence-electron chi connectivity index (χ3n) is 17.2. The number of rotatable bonds is 51. The number of hydrogen-bond acceptors (Lipinski definition) is 25. The number of nitrogens with one attached hydrogen (secondary N) is 7. The summed E-state index contributed by atoms with van der Waals surface area (Å²) in [7, 11) is 2.91. The molecule has 0 bridgehead atoms. The minimum absolute atomic E-state index is 0.0165. The van der Waals surface area contributed by atoms with Gasteiger partial charge in [-0.3, -0.25) is 33.6 Å². The van der Waals surface area contributed by atoms with E-state index in [1.165, 1.54) is 30.0 Å². The van der Waals surface area contributed by atoms with Gasteiger partial charge in [0.25, 0.3) is 5.56 Å². The van der Waals surface area contributed by atoms with Crippen molar-refractivity contribution >= 4 is 76.2 Å². The SMILES string of the molecule is CCc1c2c(nc3ccc(O)cc13)-c1cc3c(c(=O)n1C2)COC(=O)[C@@]3(CC)OC(=O)N(C)CCN(C)C(=O)OCc1ccc(NC(=O)[C@H](CCCNC(N)=O)NC(=O)[C@@H](NC(=O)CCOCCOCCOCCOCCOCCOCCOCCOCCCNC(=O)CNC(=O)CNC(=O)CN)C(C)C)cc1. The van der Waals surface area contributed by atoms with E-state index in [1.54, 1.807) is 67.8 Å². The average Bonchev–Trinajstić information content (AvgIpc) is 1.53. The van der Waals surface area contributed by atoms with Crippen LogP contribution in [0.3, 0.4) is 0 Å². The Hall–Kier alpha value is -9.66. The number of aryl methyl sites for hydroxylation is 1. The first kappa shape index (κ1) is 87.3. The van der Waals surface area contributed by atoms with E-state index in [0.29, 0.717) is 133 Å². The van der Waals surface area contributed by atoms with Gasteiger partial charge in [-0.1, -0.05) is 39.8 Å². The quantitative estimate of drug-likeness (QED) is 0.0147. The van der Waals surface area contributed by atoms with Crippen LogP contribution in [0, 0.1) is 5.92 Å². The summed E-state index contributed by atoms with van der Waals surface area (Å²) in [5.41, 5.74) is 12.6. The van der Waals surface area contributed by atoms with Gasteiger partial charge in [-0.15, -0.1) is 0 Å². The number of anilines is 1. The van der Waals surface area contributed by atoms with Crippen LogP contribution in [0.15, 0.2) is 53.3 Å². The van der Waals surface area contributed by atoms with Crippen LogP contribution in [0.4, 0.5) is 20.1 Å². The van der Waals surface area contributed by atoms with Crippen molar-refractivity contribution in [2.45, 2.75) is 104 Å². The van der Waals surface area contributed by atoms with Crippen molar-refractivity contribution in [2.75, 3.05) is 171 Å². The normalized spacial score (nSPS) is 13.9. The number of hydrogen-bond donors (Lipinski definition) is 10. The number of phenols is 1. The maximum absolute atomic E-state index is 14.2. The second-order valence-corrected chi connectivity index (χ2v) is 25.4. The van der Waals surface area contributed by atoms with Gasteiger partial charge in [-0.25, -0.2) is 24.2 Å². The summed E-state index contributed by atoms with van der Waals surface area (Å²) in [4.78, 5) is 149. The van der Waals surface area contributed by atoms with Crippen LogP contribution in [0.2, 0.25) is 0 Å². The molecule has 0 aliphatic carbocycles. The highest BCUT2D eigenvalue weighted by Crippen LogP contribution is 2.43. The lowest BCUT2D eigenvalue weighted by Crippen LogP contribution is -2.54. The van der Waals surface area contributed by atoms with Crippen LogP contribution in [0.25, 0.3) is 22.3 Å². The van der Waals surface area contributed by atoms with Gasteiger partial charge < -0.3 is 120 Å². The molecule has 36 heteroatoms. The Balaban J connectivity index is 0.798. The Labute approximate surface area is 626 Å². The van der Waals surface area contributed by atoms with E-state index in [1.807, 2.05) is 6.92 Å². The Morgan fingerprint density at radius 3 is 1.77 bits per heavy atom. The summed E-state index contributed by atoms with van der Waals surface area (Å²) in [6.45, 7) is 12.0. The van der Waals surface area contributed by atoms with Crippen LogP contribution in [0.1, 0.15) is 87.6 Å². The topological polar surface area (TPSA) is 470 Å². The number of fused-ring (bicyclic) bond motifs is 5. The number of likely N-dealkylation sites (N-methyl/N-ethyl adjacent to an activating group) is 2. The second-order valence-electron chi connectivity index (χ2n) is 25.4. The Bertz CT molecular complexity index is 3690. The molecule has 0 fully saturated rings. The van der Waals surface area contributed by atoms with Crippen LogP contribution in [0.5, 0.6) is 5.75 Å². The monoisotopic (exact) mass is 1520 g/mol. The van der Waals surface area contributed by atoms with Crippen molar-refractivity contribution in [1.29, 1.82) is 0 Å². The molecule has 2 aromatic heterocycles. The van der Waals surface area contributed by atoms with Gasteiger partial charge in [0.15, 0.2) is 0 Å². The van der Waals surface area contributed by atoms with Crippen molar-refractivity contribution in [3.8, 4) is 17.1 Å². The first-order valence-corrected chi connectivity index (χ1v) is 36.1. The van der Waals surface area contributed by atoms with Gasteiger partial charge in [-0.2, -0.15) is 0 Å². The van der Waals surface area contributed by atoms with Crippen LogP contribution in [-0.2, 0) is 117 Å². The number of ether oxygens (including phenoxy) is 11. The maximum atomic E-state index is 14.2. The number of urea groups is 1. The number of amides is 10. The number of benzene rings is 2. The largest absolute Gasteiger partial charge is 0.508 e. The van der Waals surface area contributed by atoms with Gasteiger partial charge in [0.1, 0.15) is 31.0 Å². The van der Waals surface area contributed by atoms with E-state index in [9.17, 15) is 57.8 Å². The lowest BCUT2D eigenvalue weighted by molar-refractivity contribution is -0.173. The molecule has 2 aliphatic heterocycles. The number of primary amides is 1.